The molecule has 1 N–H and O–H groups in total. The number of aliphatic hydroxyl groups excluding tert-OH is 1. The molecule has 41 heavy (non-hydrogen) atoms. The molecule has 1 aliphatic heterocycles. The van der Waals surface area contributed by atoms with E-state index in [1.54, 1.807) is 31.2 Å². The highest BCUT2D eigenvalue weighted by atomic mass is 35.5. The van der Waals surface area contributed by atoms with E-state index in [1.165, 1.54) is 28.0 Å². The fourth-order valence-corrected chi connectivity index (χ4v) is 7.06. The summed E-state index contributed by atoms with van der Waals surface area (Å²) in [6.45, 7) is 3.71. The van der Waals surface area contributed by atoms with Gasteiger partial charge in [0, 0.05) is 22.0 Å². The average molecular weight is 623 g/mol. The molecule has 1 amide bonds. The van der Waals surface area contributed by atoms with Crippen molar-refractivity contribution < 1.29 is 14.7 Å². The third-order valence-corrected chi connectivity index (χ3v) is 9.57. The molecule has 0 aliphatic carbocycles. The Hall–Kier alpha value is -3.70. The quantitative estimate of drug-likeness (QED) is 0.0714. The molecule has 0 saturated carbocycles. The number of amides is 1. The smallest absolute Gasteiger partial charge is 0.301 e. The number of imidazole rings is 1. The van der Waals surface area contributed by atoms with Crippen LogP contribution in [0, 0.1) is 13.8 Å². The summed E-state index contributed by atoms with van der Waals surface area (Å²) in [4.78, 5) is 33.0. The number of benzene rings is 2. The standard InChI is InChI=1S/C29H21Cl2N5O3S2/c1-15-6-5-13-35-16(2)22(32-26(15)35)24(37)21-23(17-9-11-19(30)12-10-17)36(27(39)25(21)38)28-33-34-29(41-28)40-14-18-7-3-4-8-20(18)31/h3-13,23,37H,14H2,1-2H3/b24-21+. The first-order valence-electron chi connectivity index (χ1n) is 12.5. The molecule has 1 unspecified atom stereocenters. The van der Waals surface area contributed by atoms with Crippen LogP contribution in [0.2, 0.25) is 10.0 Å². The van der Waals surface area contributed by atoms with Gasteiger partial charge in [0.25, 0.3) is 5.78 Å². The summed E-state index contributed by atoms with van der Waals surface area (Å²) < 4.78 is 2.44. The molecule has 0 spiro atoms. The van der Waals surface area contributed by atoms with Crippen molar-refractivity contribution in [2.75, 3.05) is 4.90 Å². The Bertz CT molecular complexity index is 1870. The first-order valence-corrected chi connectivity index (χ1v) is 15.0. The zero-order valence-corrected chi connectivity index (χ0v) is 24.9. The van der Waals surface area contributed by atoms with E-state index in [9.17, 15) is 14.7 Å². The lowest BCUT2D eigenvalue weighted by atomic mass is 9.96. The summed E-state index contributed by atoms with van der Waals surface area (Å²) in [6, 6.07) is 17.1. The Balaban J connectivity index is 1.44. The van der Waals surface area contributed by atoms with Crippen LogP contribution in [0.1, 0.15) is 34.1 Å². The highest BCUT2D eigenvalue weighted by Crippen LogP contribution is 2.44. The number of aryl methyl sites for hydroxylation is 2. The lowest BCUT2D eigenvalue weighted by Crippen LogP contribution is -2.29. The minimum atomic E-state index is -0.966. The number of ketones is 1. The fourth-order valence-electron chi connectivity index (χ4n) is 4.78. The van der Waals surface area contributed by atoms with Crippen molar-refractivity contribution in [3.8, 4) is 0 Å². The molecule has 0 bridgehead atoms. The molecule has 6 rings (SSSR count). The van der Waals surface area contributed by atoms with Gasteiger partial charge in [-0.15, -0.1) is 10.2 Å². The van der Waals surface area contributed by atoms with Gasteiger partial charge < -0.3 is 9.51 Å². The number of carbonyl (C=O) groups is 2. The average Bonchev–Trinajstić information content (AvgIpc) is 3.64. The largest absolute Gasteiger partial charge is 0.505 e. The number of Topliss-reactive ketones (excluding diaryl/α,β-unsaturated/α-hetero) is 1. The van der Waals surface area contributed by atoms with Crippen LogP contribution in [-0.4, -0.2) is 36.4 Å². The number of carbonyl (C=O) groups excluding carboxylic acids is 2. The van der Waals surface area contributed by atoms with Crippen LogP contribution in [0.5, 0.6) is 0 Å². The van der Waals surface area contributed by atoms with Gasteiger partial charge in [-0.25, -0.2) is 4.98 Å². The molecule has 8 nitrogen and oxygen atoms in total. The van der Waals surface area contributed by atoms with Gasteiger partial charge in [-0.3, -0.25) is 14.5 Å². The number of aliphatic hydroxyl groups is 1. The molecule has 0 radical (unpaired) electrons. The van der Waals surface area contributed by atoms with Crippen LogP contribution in [-0.2, 0) is 15.3 Å². The van der Waals surface area contributed by atoms with Crippen LogP contribution in [0.15, 0.2) is 76.8 Å². The summed E-state index contributed by atoms with van der Waals surface area (Å²) >= 11 is 15.0. The van der Waals surface area contributed by atoms with E-state index < -0.39 is 17.7 Å². The minimum absolute atomic E-state index is 0.0815. The molecule has 1 saturated heterocycles. The van der Waals surface area contributed by atoms with Crippen LogP contribution >= 0.6 is 46.3 Å². The van der Waals surface area contributed by atoms with Crippen molar-refractivity contribution in [1.29, 1.82) is 0 Å². The van der Waals surface area contributed by atoms with Crippen LogP contribution in [0.25, 0.3) is 11.4 Å². The number of anilines is 1. The van der Waals surface area contributed by atoms with E-state index >= 15 is 0 Å². The molecular formula is C29H21Cl2N5O3S2. The van der Waals surface area contributed by atoms with Gasteiger partial charge in [0.1, 0.15) is 11.3 Å². The van der Waals surface area contributed by atoms with Crippen molar-refractivity contribution in [3.63, 3.8) is 0 Å². The third-order valence-electron chi connectivity index (χ3n) is 6.85. The summed E-state index contributed by atoms with van der Waals surface area (Å²) in [7, 11) is 0. The van der Waals surface area contributed by atoms with E-state index in [4.69, 9.17) is 23.2 Å². The monoisotopic (exact) mass is 621 g/mol. The number of fused-ring (bicyclic) bond motifs is 1. The van der Waals surface area contributed by atoms with E-state index in [2.05, 4.69) is 15.2 Å². The first-order chi connectivity index (χ1) is 19.7. The maximum Gasteiger partial charge on any atom is 0.301 e. The van der Waals surface area contributed by atoms with Gasteiger partial charge in [-0.2, -0.15) is 0 Å². The Labute approximate surface area is 253 Å². The van der Waals surface area contributed by atoms with E-state index in [0.29, 0.717) is 37.0 Å². The molecule has 1 aliphatic rings. The second kappa shape index (κ2) is 10.9. The summed E-state index contributed by atoms with van der Waals surface area (Å²) in [5, 5.41) is 21.5. The van der Waals surface area contributed by atoms with Gasteiger partial charge in [0.15, 0.2) is 10.1 Å². The Kier molecular flexibility index (Phi) is 7.33. The van der Waals surface area contributed by atoms with Crippen molar-refractivity contribution >= 4 is 74.5 Å². The van der Waals surface area contributed by atoms with Crippen molar-refractivity contribution in [3.05, 3.63) is 111 Å². The molecule has 4 heterocycles. The topological polar surface area (TPSA) is 101 Å². The van der Waals surface area contributed by atoms with Gasteiger partial charge in [-0.1, -0.05) is 82.7 Å². The Morgan fingerprint density at radius 1 is 1.02 bits per heavy atom. The van der Waals surface area contributed by atoms with Crippen molar-refractivity contribution in [2.24, 2.45) is 0 Å². The zero-order chi connectivity index (χ0) is 28.8. The van der Waals surface area contributed by atoms with Crippen LogP contribution in [0.3, 0.4) is 0 Å². The molecule has 2 aromatic carbocycles. The Morgan fingerprint density at radius 2 is 1.78 bits per heavy atom. The summed E-state index contributed by atoms with van der Waals surface area (Å²) in [5.74, 6) is -1.46. The van der Waals surface area contributed by atoms with Gasteiger partial charge in [0.05, 0.1) is 17.3 Å². The predicted molar refractivity (Wildman–Crippen MR) is 162 cm³/mol. The van der Waals surface area contributed by atoms with Crippen LogP contribution in [0.4, 0.5) is 5.13 Å². The van der Waals surface area contributed by atoms with Crippen LogP contribution < -0.4 is 4.90 Å². The fraction of sp³-hybridized carbons (Fsp3) is 0.138. The number of rotatable bonds is 6. The number of nitrogens with zero attached hydrogens (tertiary/aromatic N) is 5. The lowest BCUT2D eigenvalue weighted by molar-refractivity contribution is -0.132. The van der Waals surface area contributed by atoms with Crippen molar-refractivity contribution in [2.45, 2.75) is 30.0 Å². The predicted octanol–water partition coefficient (Wildman–Crippen LogP) is 7.03. The van der Waals surface area contributed by atoms with Crippen molar-refractivity contribution in [1.82, 2.24) is 19.6 Å². The maximum absolute atomic E-state index is 13.6. The lowest BCUT2D eigenvalue weighted by Gasteiger charge is -2.22. The van der Waals surface area contributed by atoms with Gasteiger partial charge >= 0.3 is 5.91 Å². The SMILES string of the molecule is Cc1cccn2c(C)c(/C(O)=C3\C(=O)C(=O)N(c4nnc(SCc5ccccc5Cl)s4)C3c3ccc(Cl)cc3)nc12. The number of hydrogen-bond acceptors (Lipinski definition) is 8. The second-order valence-electron chi connectivity index (χ2n) is 9.38. The Morgan fingerprint density at radius 3 is 2.51 bits per heavy atom. The highest BCUT2D eigenvalue weighted by Gasteiger charge is 2.48. The number of thioether (sulfide) groups is 1. The zero-order valence-electron chi connectivity index (χ0n) is 21.7. The first kappa shape index (κ1) is 27.5. The molecule has 12 heteroatoms. The molecule has 1 atom stereocenters. The number of hydrogen-bond donors (Lipinski definition) is 1. The maximum atomic E-state index is 13.6. The molecule has 1 fully saturated rings. The minimum Gasteiger partial charge on any atom is -0.505 e. The van der Waals surface area contributed by atoms with E-state index in [1.807, 2.05) is 53.9 Å². The normalized spacial score (nSPS) is 16.7. The molecule has 3 aromatic heterocycles. The second-order valence-corrected chi connectivity index (χ2v) is 12.4. The number of aromatic nitrogens is 4. The highest BCUT2D eigenvalue weighted by molar-refractivity contribution is 8.00. The number of halogens is 2. The molecular weight excluding hydrogens is 601 g/mol. The molecule has 206 valence electrons. The van der Waals surface area contributed by atoms with Gasteiger partial charge in [-0.05, 0) is 54.8 Å². The molecule has 5 aromatic rings. The number of pyridine rings is 1. The summed E-state index contributed by atoms with van der Waals surface area (Å²) in [6.07, 6.45) is 1.83. The van der Waals surface area contributed by atoms with E-state index in [-0.39, 0.29) is 22.2 Å². The van der Waals surface area contributed by atoms with Gasteiger partial charge in [0.2, 0.25) is 5.13 Å². The summed E-state index contributed by atoms with van der Waals surface area (Å²) in [5.41, 5.74) is 3.85. The van der Waals surface area contributed by atoms with E-state index in [0.717, 1.165) is 11.1 Å². The third kappa shape index (κ3) is 4.91.